The smallest absolute Gasteiger partial charge is 0.290 e. The van der Waals surface area contributed by atoms with Crippen LogP contribution in [0.4, 0.5) is 0 Å². The van der Waals surface area contributed by atoms with Crippen LogP contribution >= 0.6 is 18.0 Å². The van der Waals surface area contributed by atoms with Crippen LogP contribution in [-0.2, 0) is 15.5 Å². The van der Waals surface area contributed by atoms with E-state index in [1.54, 1.807) is 0 Å². The zero-order valence-electron chi connectivity index (χ0n) is 11.3. The van der Waals surface area contributed by atoms with E-state index in [1.807, 2.05) is 18.2 Å². The van der Waals surface area contributed by atoms with Gasteiger partial charge < -0.3 is 4.52 Å². The fraction of sp³-hybridized carbons (Fsp3) is 0.600. The summed E-state index contributed by atoms with van der Waals surface area (Å²) in [5, 5.41) is 0. The topological polar surface area (TPSA) is 26.3 Å². The first-order valence-corrected chi connectivity index (χ1v) is 9.88. The Kier molecular flexibility index (Phi) is 5.94. The average molecular weight is 301 g/mol. The van der Waals surface area contributed by atoms with Gasteiger partial charge in [-0.25, -0.2) is 0 Å². The Morgan fingerprint density at radius 2 is 1.84 bits per heavy atom. The normalized spacial score (nSPS) is 20.1. The summed E-state index contributed by atoms with van der Waals surface area (Å²) in [6, 6.07) is 10.2. The minimum atomic E-state index is -2.93. The Morgan fingerprint density at radius 1 is 1.16 bits per heavy atom. The second-order valence-corrected chi connectivity index (χ2v) is 8.65. The maximum Gasteiger partial charge on any atom is 0.290 e. The zero-order valence-corrected chi connectivity index (χ0v) is 12.9. The van der Waals surface area contributed by atoms with Gasteiger partial charge >= 0.3 is 0 Å². The molecule has 1 saturated carbocycles. The molecule has 0 bridgehead atoms. The summed E-state index contributed by atoms with van der Waals surface area (Å²) in [6.45, 7) is -2.93. The van der Waals surface area contributed by atoms with E-state index in [0.29, 0.717) is 6.16 Å². The molecule has 0 spiro atoms. The summed E-state index contributed by atoms with van der Waals surface area (Å²) < 4.78 is 17.9. The lowest BCUT2D eigenvalue weighted by molar-refractivity contribution is 0.163. The van der Waals surface area contributed by atoms with Gasteiger partial charge in [0.25, 0.3) is 6.72 Å². The molecule has 0 aliphatic heterocycles. The standard InChI is InChI=1S/C15H22ClO2P/c16-19(17,18-15-11-5-2-6-12-15)13-7-10-14-8-3-1-4-9-14/h1,3-4,8-9,15H,2,5-7,10-13H2/t19-/m1/s1. The minimum Gasteiger partial charge on any atom is -0.314 e. The van der Waals surface area contributed by atoms with E-state index in [0.717, 1.165) is 25.7 Å². The Labute approximate surface area is 120 Å². The van der Waals surface area contributed by atoms with Crippen LogP contribution in [0.15, 0.2) is 30.3 Å². The summed E-state index contributed by atoms with van der Waals surface area (Å²) >= 11 is 6.07. The maximum atomic E-state index is 12.2. The summed E-state index contributed by atoms with van der Waals surface area (Å²) in [5.74, 6) is 0. The van der Waals surface area contributed by atoms with Gasteiger partial charge in [0.05, 0.1) is 6.10 Å². The molecule has 2 rings (SSSR count). The van der Waals surface area contributed by atoms with Crippen molar-refractivity contribution in [1.29, 1.82) is 0 Å². The first kappa shape index (κ1) is 15.1. The Morgan fingerprint density at radius 3 is 2.53 bits per heavy atom. The Hall–Kier alpha value is -0.300. The molecule has 1 aromatic carbocycles. The molecular formula is C15H22ClO2P. The number of rotatable bonds is 6. The van der Waals surface area contributed by atoms with Crippen LogP contribution in [-0.4, -0.2) is 12.3 Å². The van der Waals surface area contributed by atoms with E-state index < -0.39 is 6.72 Å². The molecule has 0 aromatic heterocycles. The van der Waals surface area contributed by atoms with Gasteiger partial charge in [-0.3, -0.25) is 4.57 Å². The van der Waals surface area contributed by atoms with Crippen LogP contribution in [0.1, 0.15) is 44.1 Å². The lowest BCUT2D eigenvalue weighted by Crippen LogP contribution is -2.15. The average Bonchev–Trinajstić information content (AvgIpc) is 2.40. The third-order valence-electron chi connectivity index (χ3n) is 3.59. The molecule has 1 aliphatic rings. The Bertz CT molecular complexity index is 415. The highest BCUT2D eigenvalue weighted by molar-refractivity contribution is 7.85. The molecule has 0 heterocycles. The zero-order chi connectivity index (χ0) is 13.6. The monoisotopic (exact) mass is 300 g/mol. The first-order valence-electron chi connectivity index (χ1n) is 7.17. The van der Waals surface area contributed by atoms with E-state index in [9.17, 15) is 4.57 Å². The lowest BCUT2D eigenvalue weighted by atomic mass is 9.98. The predicted molar refractivity (Wildman–Crippen MR) is 81.0 cm³/mol. The molecule has 0 saturated heterocycles. The lowest BCUT2D eigenvalue weighted by Gasteiger charge is -2.24. The third kappa shape index (κ3) is 5.69. The van der Waals surface area contributed by atoms with Crippen LogP contribution in [0.2, 0.25) is 0 Å². The number of benzene rings is 1. The molecule has 0 unspecified atom stereocenters. The molecule has 1 aromatic rings. The molecule has 0 amide bonds. The van der Waals surface area contributed by atoms with Gasteiger partial charge in [0, 0.05) is 6.16 Å². The van der Waals surface area contributed by atoms with E-state index in [4.69, 9.17) is 15.8 Å². The SMILES string of the molecule is O=[P@](Cl)(CCCc1ccccc1)OC1CCCCC1. The van der Waals surface area contributed by atoms with Crippen molar-refractivity contribution in [2.24, 2.45) is 0 Å². The first-order chi connectivity index (χ1) is 9.16. The second-order valence-electron chi connectivity index (χ2n) is 5.27. The fourth-order valence-corrected chi connectivity index (χ4v) is 4.56. The second kappa shape index (κ2) is 7.47. The number of aryl methyl sites for hydroxylation is 1. The van der Waals surface area contributed by atoms with Crippen LogP contribution < -0.4 is 0 Å². The van der Waals surface area contributed by atoms with Gasteiger partial charge in [-0.2, -0.15) is 0 Å². The fourth-order valence-electron chi connectivity index (χ4n) is 2.56. The quantitative estimate of drug-likeness (QED) is 0.657. The number of hydrogen-bond donors (Lipinski definition) is 0. The van der Waals surface area contributed by atoms with Gasteiger partial charge in [-0.1, -0.05) is 49.6 Å². The van der Waals surface area contributed by atoms with E-state index in [-0.39, 0.29) is 6.10 Å². The van der Waals surface area contributed by atoms with Crippen molar-refractivity contribution in [1.82, 2.24) is 0 Å². The summed E-state index contributed by atoms with van der Waals surface area (Å²) in [7, 11) is 0. The molecule has 2 nitrogen and oxygen atoms in total. The van der Waals surface area contributed by atoms with Gasteiger partial charge in [-0.05, 0) is 42.5 Å². The summed E-state index contributed by atoms with van der Waals surface area (Å²) in [5.41, 5.74) is 1.26. The van der Waals surface area contributed by atoms with Gasteiger partial charge in [-0.15, -0.1) is 0 Å². The molecule has 19 heavy (non-hydrogen) atoms. The highest BCUT2D eigenvalue weighted by Crippen LogP contribution is 2.55. The molecule has 4 heteroatoms. The van der Waals surface area contributed by atoms with Gasteiger partial charge in [0.2, 0.25) is 0 Å². The van der Waals surface area contributed by atoms with E-state index in [1.165, 1.54) is 24.8 Å². The van der Waals surface area contributed by atoms with Crippen molar-refractivity contribution >= 4 is 18.0 Å². The molecular weight excluding hydrogens is 279 g/mol. The highest BCUT2D eigenvalue weighted by Gasteiger charge is 2.25. The van der Waals surface area contributed by atoms with Crippen LogP contribution in [0.3, 0.4) is 0 Å². The van der Waals surface area contributed by atoms with E-state index in [2.05, 4.69) is 12.1 Å². The van der Waals surface area contributed by atoms with Crippen LogP contribution in [0.25, 0.3) is 0 Å². The highest BCUT2D eigenvalue weighted by atomic mass is 35.7. The van der Waals surface area contributed by atoms with Crippen molar-refractivity contribution < 1.29 is 9.09 Å². The predicted octanol–water partition coefficient (Wildman–Crippen LogP) is 5.40. The van der Waals surface area contributed by atoms with Gasteiger partial charge in [0.1, 0.15) is 0 Å². The molecule has 106 valence electrons. The number of hydrogen-bond acceptors (Lipinski definition) is 2. The van der Waals surface area contributed by atoms with Gasteiger partial charge in [0.15, 0.2) is 0 Å². The minimum absolute atomic E-state index is 0.119. The van der Waals surface area contributed by atoms with Crippen molar-refractivity contribution in [3.05, 3.63) is 35.9 Å². The Balaban J connectivity index is 1.72. The molecule has 0 N–H and O–H groups in total. The van der Waals surface area contributed by atoms with Crippen molar-refractivity contribution in [2.45, 2.75) is 51.0 Å². The molecule has 1 fully saturated rings. The van der Waals surface area contributed by atoms with Crippen molar-refractivity contribution in [2.75, 3.05) is 6.16 Å². The molecule has 1 aliphatic carbocycles. The number of halogens is 1. The molecule has 0 radical (unpaired) electrons. The molecule has 1 atom stereocenters. The van der Waals surface area contributed by atoms with Crippen LogP contribution in [0.5, 0.6) is 0 Å². The van der Waals surface area contributed by atoms with Crippen molar-refractivity contribution in [3.8, 4) is 0 Å². The van der Waals surface area contributed by atoms with Crippen LogP contribution in [0, 0.1) is 0 Å². The van der Waals surface area contributed by atoms with Crippen molar-refractivity contribution in [3.63, 3.8) is 0 Å². The summed E-state index contributed by atoms with van der Waals surface area (Å²) in [6.07, 6.45) is 7.94. The third-order valence-corrected chi connectivity index (χ3v) is 5.80. The summed E-state index contributed by atoms with van der Waals surface area (Å²) in [4.78, 5) is 0. The largest absolute Gasteiger partial charge is 0.314 e. The van der Waals surface area contributed by atoms with E-state index >= 15 is 0 Å². The maximum absolute atomic E-state index is 12.2.